The third kappa shape index (κ3) is 2.70. The van der Waals surface area contributed by atoms with E-state index >= 15 is 0 Å². The Labute approximate surface area is 119 Å². The van der Waals surface area contributed by atoms with Gasteiger partial charge in [-0.25, -0.2) is 9.37 Å². The van der Waals surface area contributed by atoms with Crippen molar-refractivity contribution in [1.82, 2.24) is 14.9 Å². The zero-order valence-electron chi connectivity index (χ0n) is 12.0. The average molecular weight is 275 g/mol. The zero-order valence-corrected chi connectivity index (χ0v) is 12.0. The molecule has 3 rings (SSSR count). The van der Waals surface area contributed by atoms with Crippen LogP contribution in [0.5, 0.6) is 0 Å². The molecule has 3 nitrogen and oxygen atoms in total. The number of imidazole rings is 1. The fourth-order valence-corrected chi connectivity index (χ4v) is 3.11. The molecule has 1 aliphatic rings. The van der Waals surface area contributed by atoms with E-state index in [-0.39, 0.29) is 5.82 Å². The Bertz CT molecular complexity index is 585. The van der Waals surface area contributed by atoms with Gasteiger partial charge in [-0.05, 0) is 50.4 Å². The maximum absolute atomic E-state index is 13.3. The molecule has 1 atom stereocenters. The van der Waals surface area contributed by atoms with Crippen LogP contribution in [0.2, 0.25) is 0 Å². The summed E-state index contributed by atoms with van der Waals surface area (Å²) < 4.78 is 15.6. The average Bonchev–Trinajstić information content (AvgIpc) is 3.05. The van der Waals surface area contributed by atoms with E-state index in [1.807, 2.05) is 6.07 Å². The summed E-state index contributed by atoms with van der Waals surface area (Å²) >= 11 is 0. The monoisotopic (exact) mass is 275 g/mol. The molecule has 20 heavy (non-hydrogen) atoms. The number of benzene rings is 1. The molecule has 4 heteroatoms. The van der Waals surface area contributed by atoms with Crippen LogP contribution in [0.1, 0.15) is 32.0 Å². The van der Waals surface area contributed by atoms with E-state index in [0.29, 0.717) is 0 Å². The highest BCUT2D eigenvalue weighted by Crippen LogP contribution is 2.21. The largest absolute Gasteiger partial charge is 0.328 e. The number of halogens is 1. The quantitative estimate of drug-likeness (QED) is 0.908. The number of nitrogens with zero attached hydrogens (tertiary/aromatic N) is 2. The van der Waals surface area contributed by atoms with Gasteiger partial charge < -0.3 is 9.88 Å². The van der Waals surface area contributed by atoms with Gasteiger partial charge in [-0.3, -0.25) is 0 Å². The molecule has 1 aromatic carbocycles. The molecule has 0 amide bonds. The van der Waals surface area contributed by atoms with Crippen LogP contribution in [0.4, 0.5) is 4.39 Å². The molecule has 1 saturated heterocycles. The van der Waals surface area contributed by atoms with E-state index in [1.165, 1.54) is 18.9 Å². The summed E-state index contributed by atoms with van der Waals surface area (Å²) in [5.41, 5.74) is 1.85. The molecule has 0 aliphatic carbocycles. The van der Waals surface area contributed by atoms with Crippen LogP contribution in [0.15, 0.2) is 18.2 Å². The first kappa shape index (κ1) is 13.6. The lowest BCUT2D eigenvalue weighted by Crippen LogP contribution is -2.11. The Kier molecular flexibility index (Phi) is 4.01. The second-order valence-electron chi connectivity index (χ2n) is 5.71. The van der Waals surface area contributed by atoms with Crippen molar-refractivity contribution in [2.45, 2.75) is 39.2 Å². The van der Waals surface area contributed by atoms with Crippen molar-refractivity contribution in [2.24, 2.45) is 5.92 Å². The van der Waals surface area contributed by atoms with Gasteiger partial charge in [-0.2, -0.15) is 0 Å². The Hall–Kier alpha value is -1.42. The van der Waals surface area contributed by atoms with Crippen molar-refractivity contribution < 1.29 is 4.39 Å². The van der Waals surface area contributed by atoms with Crippen molar-refractivity contribution >= 4 is 11.0 Å². The number of aromatic nitrogens is 2. The smallest absolute Gasteiger partial charge is 0.125 e. The lowest BCUT2D eigenvalue weighted by molar-refractivity contribution is 0.513. The van der Waals surface area contributed by atoms with E-state index < -0.39 is 0 Å². The van der Waals surface area contributed by atoms with Crippen LogP contribution < -0.4 is 5.32 Å². The molecule has 0 bridgehead atoms. The highest BCUT2D eigenvalue weighted by atomic mass is 19.1. The topological polar surface area (TPSA) is 29.9 Å². The van der Waals surface area contributed by atoms with E-state index in [9.17, 15) is 4.39 Å². The lowest BCUT2D eigenvalue weighted by atomic mass is 10.0. The highest BCUT2D eigenvalue weighted by molar-refractivity contribution is 5.76. The summed E-state index contributed by atoms with van der Waals surface area (Å²) in [5.74, 6) is 1.67. The summed E-state index contributed by atoms with van der Waals surface area (Å²) in [6.07, 6.45) is 4.49. The minimum atomic E-state index is -0.204. The molecular formula is C16H22FN3. The Morgan fingerprint density at radius 3 is 3.10 bits per heavy atom. The van der Waals surface area contributed by atoms with Crippen molar-refractivity contribution in [2.75, 3.05) is 13.1 Å². The van der Waals surface area contributed by atoms with Gasteiger partial charge in [-0.1, -0.05) is 6.92 Å². The molecule has 108 valence electrons. The van der Waals surface area contributed by atoms with E-state index in [0.717, 1.165) is 55.3 Å². The SMILES string of the molecule is CCCn1c(CCC2CCNC2)nc2cc(F)ccc21. The third-order valence-corrected chi connectivity index (χ3v) is 4.18. The van der Waals surface area contributed by atoms with Crippen molar-refractivity contribution in [3.05, 3.63) is 29.8 Å². The summed E-state index contributed by atoms with van der Waals surface area (Å²) in [6.45, 7) is 5.39. The minimum Gasteiger partial charge on any atom is -0.328 e. The minimum absolute atomic E-state index is 0.204. The van der Waals surface area contributed by atoms with Gasteiger partial charge in [0.2, 0.25) is 0 Å². The lowest BCUT2D eigenvalue weighted by Gasteiger charge is -2.10. The molecule has 1 N–H and O–H groups in total. The second-order valence-corrected chi connectivity index (χ2v) is 5.71. The molecule has 1 unspecified atom stereocenters. The number of aryl methyl sites for hydroxylation is 2. The molecule has 0 saturated carbocycles. The van der Waals surface area contributed by atoms with Crippen LogP contribution in [-0.4, -0.2) is 22.6 Å². The van der Waals surface area contributed by atoms with Crippen LogP contribution in [0.3, 0.4) is 0 Å². The standard InChI is InChI=1S/C16H22FN3/c1-2-9-20-15-5-4-13(17)10-14(15)19-16(20)6-3-12-7-8-18-11-12/h4-5,10,12,18H,2-3,6-9,11H2,1H3. The third-order valence-electron chi connectivity index (χ3n) is 4.18. The Morgan fingerprint density at radius 1 is 1.45 bits per heavy atom. The molecule has 1 aromatic heterocycles. The zero-order chi connectivity index (χ0) is 13.9. The highest BCUT2D eigenvalue weighted by Gasteiger charge is 2.17. The van der Waals surface area contributed by atoms with Gasteiger partial charge in [0.25, 0.3) is 0 Å². The van der Waals surface area contributed by atoms with Gasteiger partial charge >= 0.3 is 0 Å². The predicted molar refractivity (Wildman–Crippen MR) is 79.3 cm³/mol. The number of hydrogen-bond acceptors (Lipinski definition) is 2. The number of rotatable bonds is 5. The van der Waals surface area contributed by atoms with Gasteiger partial charge in [0.15, 0.2) is 0 Å². The van der Waals surface area contributed by atoms with Gasteiger partial charge in [0.1, 0.15) is 11.6 Å². The molecule has 1 aliphatic heterocycles. The molecule has 2 heterocycles. The molecule has 1 fully saturated rings. The Balaban J connectivity index is 1.85. The normalized spacial score (nSPS) is 19.0. The van der Waals surface area contributed by atoms with Gasteiger partial charge in [-0.15, -0.1) is 0 Å². The van der Waals surface area contributed by atoms with Crippen molar-refractivity contribution in [3.63, 3.8) is 0 Å². The summed E-state index contributed by atoms with van der Waals surface area (Å²) in [4.78, 5) is 4.66. The van der Waals surface area contributed by atoms with Crippen molar-refractivity contribution in [1.29, 1.82) is 0 Å². The number of nitrogens with one attached hydrogen (secondary N) is 1. The summed E-state index contributed by atoms with van der Waals surface area (Å²) in [7, 11) is 0. The van der Waals surface area contributed by atoms with Crippen molar-refractivity contribution in [3.8, 4) is 0 Å². The number of hydrogen-bond donors (Lipinski definition) is 1. The predicted octanol–water partition coefficient (Wildman–Crippen LogP) is 3.13. The van der Waals surface area contributed by atoms with Crippen LogP contribution in [0.25, 0.3) is 11.0 Å². The summed E-state index contributed by atoms with van der Waals surface area (Å²) in [5, 5.41) is 3.41. The maximum Gasteiger partial charge on any atom is 0.125 e. The maximum atomic E-state index is 13.3. The Morgan fingerprint density at radius 2 is 2.35 bits per heavy atom. The van der Waals surface area contributed by atoms with E-state index in [2.05, 4.69) is 21.8 Å². The van der Waals surface area contributed by atoms with Gasteiger partial charge in [0.05, 0.1) is 11.0 Å². The molecule has 0 radical (unpaired) electrons. The first-order valence-corrected chi connectivity index (χ1v) is 7.63. The fraction of sp³-hybridized carbons (Fsp3) is 0.562. The molecular weight excluding hydrogens is 253 g/mol. The molecule has 2 aromatic rings. The van der Waals surface area contributed by atoms with Crippen LogP contribution in [0, 0.1) is 11.7 Å². The number of fused-ring (bicyclic) bond motifs is 1. The summed E-state index contributed by atoms with van der Waals surface area (Å²) in [6, 6.07) is 4.93. The van der Waals surface area contributed by atoms with Crippen LogP contribution in [-0.2, 0) is 13.0 Å². The van der Waals surface area contributed by atoms with E-state index in [4.69, 9.17) is 0 Å². The first-order chi connectivity index (χ1) is 9.78. The second kappa shape index (κ2) is 5.92. The fourth-order valence-electron chi connectivity index (χ4n) is 3.11. The van der Waals surface area contributed by atoms with Crippen LogP contribution >= 0.6 is 0 Å². The van der Waals surface area contributed by atoms with E-state index in [1.54, 1.807) is 6.07 Å². The molecule has 0 spiro atoms. The first-order valence-electron chi connectivity index (χ1n) is 7.63. The van der Waals surface area contributed by atoms with Gasteiger partial charge in [0, 0.05) is 19.0 Å².